The molecule has 1 aliphatic heterocycles. The van der Waals surface area contributed by atoms with Crippen molar-refractivity contribution < 1.29 is 9.90 Å². The van der Waals surface area contributed by atoms with E-state index in [1.165, 1.54) is 12.8 Å². The van der Waals surface area contributed by atoms with Crippen LogP contribution in [0.25, 0.3) is 0 Å². The number of carboxylic acids is 1. The first kappa shape index (κ1) is 12.7. The van der Waals surface area contributed by atoms with Crippen LogP contribution >= 0.6 is 12.4 Å². The smallest absolute Gasteiger partial charge is 0.304 e. The van der Waals surface area contributed by atoms with Crippen molar-refractivity contribution in [1.82, 2.24) is 4.90 Å². The summed E-state index contributed by atoms with van der Waals surface area (Å²) >= 11 is 0. The fourth-order valence-corrected chi connectivity index (χ4v) is 1.54. The third kappa shape index (κ3) is 5.11. The van der Waals surface area contributed by atoms with Crippen molar-refractivity contribution in [3.8, 4) is 0 Å². The zero-order valence-electron chi connectivity index (χ0n) is 8.03. The molecular weight excluding hydrogens is 190 g/mol. The van der Waals surface area contributed by atoms with Gasteiger partial charge in [-0.15, -0.1) is 12.4 Å². The van der Waals surface area contributed by atoms with Gasteiger partial charge >= 0.3 is 5.97 Å². The molecule has 0 atom stereocenters. The fraction of sp³-hybridized carbons (Fsp3) is 0.889. The summed E-state index contributed by atoms with van der Waals surface area (Å²) in [5.41, 5.74) is 0. The number of nitrogens with zero attached hydrogens (tertiary/aromatic N) is 1. The maximum absolute atomic E-state index is 10.3. The molecular formula is C9H18ClNO2. The van der Waals surface area contributed by atoms with Crippen LogP contribution in [0.1, 0.15) is 26.2 Å². The number of hydrogen-bond acceptors (Lipinski definition) is 2. The first-order valence-electron chi connectivity index (χ1n) is 4.62. The first-order valence-corrected chi connectivity index (χ1v) is 4.62. The second-order valence-electron chi connectivity index (χ2n) is 3.67. The van der Waals surface area contributed by atoms with Crippen molar-refractivity contribution in [3.05, 3.63) is 0 Å². The summed E-state index contributed by atoms with van der Waals surface area (Å²) in [4.78, 5) is 12.5. The molecule has 0 radical (unpaired) electrons. The van der Waals surface area contributed by atoms with E-state index in [9.17, 15) is 4.79 Å². The van der Waals surface area contributed by atoms with Gasteiger partial charge in [-0.25, -0.2) is 0 Å². The molecule has 0 unspecified atom stereocenters. The van der Waals surface area contributed by atoms with Gasteiger partial charge in [0.05, 0.1) is 6.42 Å². The molecule has 0 aliphatic carbocycles. The highest BCUT2D eigenvalue weighted by Crippen LogP contribution is 2.15. The zero-order chi connectivity index (χ0) is 8.97. The molecule has 1 heterocycles. The van der Waals surface area contributed by atoms with Gasteiger partial charge in [-0.05, 0) is 31.8 Å². The summed E-state index contributed by atoms with van der Waals surface area (Å²) in [5, 5.41) is 8.47. The molecule has 1 fully saturated rings. The minimum absolute atomic E-state index is 0. The predicted octanol–water partition coefficient (Wildman–Crippen LogP) is 1.61. The van der Waals surface area contributed by atoms with Crippen LogP contribution in [0.4, 0.5) is 0 Å². The van der Waals surface area contributed by atoms with Crippen molar-refractivity contribution in [2.24, 2.45) is 5.92 Å². The lowest BCUT2D eigenvalue weighted by atomic mass is 9.99. The molecule has 0 bridgehead atoms. The first-order chi connectivity index (χ1) is 5.68. The van der Waals surface area contributed by atoms with E-state index in [0.29, 0.717) is 0 Å². The third-order valence-corrected chi connectivity index (χ3v) is 2.52. The number of rotatable bonds is 3. The molecule has 0 aromatic rings. The summed E-state index contributed by atoms with van der Waals surface area (Å²) in [5.74, 6) is 0.139. The van der Waals surface area contributed by atoms with E-state index in [1.54, 1.807) is 0 Å². The van der Waals surface area contributed by atoms with Gasteiger partial charge in [0.1, 0.15) is 0 Å². The Hall–Kier alpha value is -0.280. The zero-order valence-corrected chi connectivity index (χ0v) is 8.85. The van der Waals surface area contributed by atoms with Gasteiger partial charge in [0.15, 0.2) is 0 Å². The Kier molecular flexibility index (Phi) is 6.08. The molecule has 0 spiro atoms. The molecule has 0 saturated carbocycles. The molecule has 3 nitrogen and oxygen atoms in total. The fourth-order valence-electron chi connectivity index (χ4n) is 1.54. The van der Waals surface area contributed by atoms with E-state index in [0.717, 1.165) is 25.6 Å². The highest BCUT2D eigenvalue weighted by atomic mass is 35.5. The second kappa shape index (κ2) is 6.22. The number of piperidine rings is 1. The SMILES string of the molecule is CC1CCN(CCC(=O)O)CC1.Cl. The molecule has 13 heavy (non-hydrogen) atoms. The van der Waals surface area contributed by atoms with Gasteiger partial charge in [-0.1, -0.05) is 6.92 Å². The molecule has 78 valence electrons. The standard InChI is InChI=1S/C9H17NO2.ClH/c1-8-2-5-10(6-3-8)7-4-9(11)12;/h8H,2-7H2,1H3,(H,11,12);1H. The van der Waals surface area contributed by atoms with Crippen molar-refractivity contribution in [3.63, 3.8) is 0 Å². The molecule has 1 saturated heterocycles. The maximum atomic E-state index is 10.3. The minimum Gasteiger partial charge on any atom is -0.481 e. The highest BCUT2D eigenvalue weighted by Gasteiger charge is 2.15. The van der Waals surface area contributed by atoms with Crippen LogP contribution in [0.15, 0.2) is 0 Å². The maximum Gasteiger partial charge on any atom is 0.304 e. The van der Waals surface area contributed by atoms with Gasteiger partial charge in [0.25, 0.3) is 0 Å². The lowest BCUT2D eigenvalue weighted by molar-refractivity contribution is -0.137. The van der Waals surface area contributed by atoms with E-state index in [4.69, 9.17) is 5.11 Å². The summed E-state index contributed by atoms with van der Waals surface area (Å²) in [6.45, 7) is 5.14. The van der Waals surface area contributed by atoms with Crippen LogP contribution in [0.3, 0.4) is 0 Å². The quantitative estimate of drug-likeness (QED) is 0.765. The van der Waals surface area contributed by atoms with Gasteiger partial charge in [0, 0.05) is 6.54 Å². The summed E-state index contributed by atoms with van der Waals surface area (Å²) < 4.78 is 0. The Morgan fingerprint density at radius 1 is 1.46 bits per heavy atom. The van der Waals surface area contributed by atoms with E-state index in [2.05, 4.69) is 11.8 Å². The minimum atomic E-state index is -0.686. The topological polar surface area (TPSA) is 40.5 Å². The van der Waals surface area contributed by atoms with Crippen LogP contribution in [0, 0.1) is 5.92 Å². The van der Waals surface area contributed by atoms with Gasteiger partial charge in [-0.2, -0.15) is 0 Å². The molecule has 1 N–H and O–H groups in total. The van der Waals surface area contributed by atoms with E-state index in [1.807, 2.05) is 0 Å². The lowest BCUT2D eigenvalue weighted by Gasteiger charge is -2.29. The van der Waals surface area contributed by atoms with Crippen LogP contribution in [-0.2, 0) is 4.79 Å². The highest BCUT2D eigenvalue weighted by molar-refractivity contribution is 5.85. The summed E-state index contributed by atoms with van der Waals surface area (Å²) in [7, 11) is 0. The number of likely N-dealkylation sites (tertiary alicyclic amines) is 1. The third-order valence-electron chi connectivity index (χ3n) is 2.52. The van der Waals surface area contributed by atoms with Crippen LogP contribution in [0.2, 0.25) is 0 Å². The van der Waals surface area contributed by atoms with Crippen molar-refractivity contribution in [2.45, 2.75) is 26.2 Å². The molecule has 1 aliphatic rings. The molecule has 0 aromatic heterocycles. The van der Waals surface area contributed by atoms with E-state index in [-0.39, 0.29) is 18.8 Å². The number of carbonyl (C=O) groups is 1. The number of carboxylic acid groups (broad SMARTS) is 1. The largest absolute Gasteiger partial charge is 0.481 e. The molecule has 0 amide bonds. The van der Waals surface area contributed by atoms with Crippen LogP contribution in [-0.4, -0.2) is 35.6 Å². The number of hydrogen-bond donors (Lipinski definition) is 1. The lowest BCUT2D eigenvalue weighted by Crippen LogP contribution is -2.34. The number of aliphatic carboxylic acids is 1. The molecule has 4 heteroatoms. The van der Waals surface area contributed by atoms with Crippen molar-refractivity contribution in [2.75, 3.05) is 19.6 Å². The van der Waals surface area contributed by atoms with Gasteiger partial charge in [0.2, 0.25) is 0 Å². The van der Waals surface area contributed by atoms with Gasteiger partial charge < -0.3 is 10.0 Å². The Morgan fingerprint density at radius 3 is 2.46 bits per heavy atom. The molecule has 1 rings (SSSR count). The molecule has 0 aromatic carbocycles. The average Bonchev–Trinajstić information content (AvgIpc) is 2.03. The monoisotopic (exact) mass is 207 g/mol. The van der Waals surface area contributed by atoms with Crippen molar-refractivity contribution >= 4 is 18.4 Å². The Labute approximate surface area is 85.5 Å². The number of halogens is 1. The van der Waals surface area contributed by atoms with Gasteiger partial charge in [-0.3, -0.25) is 4.79 Å². The van der Waals surface area contributed by atoms with Crippen molar-refractivity contribution in [1.29, 1.82) is 0 Å². The van der Waals surface area contributed by atoms with Crippen LogP contribution in [0.5, 0.6) is 0 Å². The Morgan fingerprint density at radius 2 is 2.00 bits per heavy atom. The van der Waals surface area contributed by atoms with Crippen LogP contribution < -0.4 is 0 Å². The Bertz CT molecular complexity index is 156. The average molecular weight is 208 g/mol. The Balaban J connectivity index is 0.00000144. The normalized spacial score (nSPS) is 19.5. The summed E-state index contributed by atoms with van der Waals surface area (Å²) in [6.07, 6.45) is 2.73. The second-order valence-corrected chi connectivity index (χ2v) is 3.67. The predicted molar refractivity (Wildman–Crippen MR) is 54.3 cm³/mol. The van der Waals surface area contributed by atoms with E-state index >= 15 is 0 Å². The summed E-state index contributed by atoms with van der Waals surface area (Å²) in [6, 6.07) is 0. The van der Waals surface area contributed by atoms with E-state index < -0.39 is 5.97 Å².